The monoisotopic (exact) mass is 304 g/mol. The van der Waals surface area contributed by atoms with Gasteiger partial charge in [0.1, 0.15) is 10.6 Å². The van der Waals surface area contributed by atoms with E-state index in [1.54, 1.807) is 11.3 Å². The topological polar surface area (TPSA) is 41.1 Å². The van der Waals surface area contributed by atoms with Crippen LogP contribution < -0.4 is 10.2 Å². The van der Waals surface area contributed by atoms with Crippen molar-refractivity contribution in [2.45, 2.75) is 40.0 Å². The largest absolute Gasteiger partial charge is 0.356 e. The first-order chi connectivity index (χ1) is 10.2. The highest BCUT2D eigenvalue weighted by Gasteiger charge is 2.23. The van der Waals surface area contributed by atoms with Crippen LogP contribution in [0.5, 0.6) is 0 Å². The zero-order chi connectivity index (χ0) is 14.8. The van der Waals surface area contributed by atoms with Crippen LogP contribution in [0.4, 0.5) is 11.8 Å². The van der Waals surface area contributed by atoms with Crippen molar-refractivity contribution in [1.29, 1.82) is 0 Å². The Morgan fingerprint density at radius 2 is 2.24 bits per heavy atom. The Kier molecular flexibility index (Phi) is 4.29. The van der Waals surface area contributed by atoms with E-state index in [1.807, 2.05) is 0 Å². The third-order valence-electron chi connectivity index (χ3n) is 4.03. The van der Waals surface area contributed by atoms with Crippen LogP contribution in [-0.2, 0) is 6.42 Å². The highest BCUT2D eigenvalue weighted by Crippen LogP contribution is 2.34. The molecule has 0 saturated carbocycles. The molecule has 5 heteroatoms. The van der Waals surface area contributed by atoms with Crippen LogP contribution >= 0.6 is 11.3 Å². The lowest BCUT2D eigenvalue weighted by molar-refractivity contribution is 0.659. The van der Waals surface area contributed by atoms with Crippen LogP contribution in [0, 0.1) is 5.92 Å². The van der Waals surface area contributed by atoms with Gasteiger partial charge in [-0.2, -0.15) is 4.98 Å². The van der Waals surface area contributed by atoms with E-state index in [0.717, 1.165) is 55.0 Å². The summed E-state index contributed by atoms with van der Waals surface area (Å²) in [5, 5.41) is 4.58. The predicted octanol–water partition coefficient (Wildman–Crippen LogP) is 3.92. The standard InChI is InChI=1S/C16H24N4S/c1-4-7-17-16-18-14(20-8-6-11(3)10-20)13-9-12(5-2)21-15(13)19-16/h9,11H,4-8,10H2,1-3H3,(H,17,18,19). The van der Waals surface area contributed by atoms with Gasteiger partial charge in [0.25, 0.3) is 0 Å². The molecule has 1 saturated heterocycles. The Hall–Kier alpha value is -1.36. The van der Waals surface area contributed by atoms with Gasteiger partial charge in [-0.1, -0.05) is 20.8 Å². The summed E-state index contributed by atoms with van der Waals surface area (Å²) in [5.74, 6) is 2.66. The van der Waals surface area contributed by atoms with Gasteiger partial charge >= 0.3 is 0 Å². The van der Waals surface area contributed by atoms with Gasteiger partial charge in [-0.05, 0) is 31.2 Å². The molecule has 0 amide bonds. The van der Waals surface area contributed by atoms with E-state index in [9.17, 15) is 0 Å². The Labute approximate surface area is 130 Å². The second kappa shape index (κ2) is 6.18. The summed E-state index contributed by atoms with van der Waals surface area (Å²) in [6.07, 6.45) is 3.41. The molecule has 2 aromatic rings. The average molecular weight is 304 g/mol. The van der Waals surface area contributed by atoms with E-state index < -0.39 is 0 Å². The number of hydrogen-bond acceptors (Lipinski definition) is 5. The predicted molar refractivity (Wildman–Crippen MR) is 91.6 cm³/mol. The van der Waals surface area contributed by atoms with Crippen LogP contribution in [0.1, 0.15) is 38.5 Å². The van der Waals surface area contributed by atoms with Gasteiger partial charge in [0.2, 0.25) is 5.95 Å². The van der Waals surface area contributed by atoms with Crippen LogP contribution in [0.15, 0.2) is 6.07 Å². The van der Waals surface area contributed by atoms with Crippen molar-refractivity contribution in [2.75, 3.05) is 29.9 Å². The van der Waals surface area contributed by atoms with Gasteiger partial charge in [-0.15, -0.1) is 11.3 Å². The van der Waals surface area contributed by atoms with Gasteiger partial charge in [-0.3, -0.25) is 0 Å². The van der Waals surface area contributed by atoms with E-state index in [2.05, 4.69) is 37.1 Å². The lowest BCUT2D eigenvalue weighted by Crippen LogP contribution is -2.21. The van der Waals surface area contributed by atoms with Crippen molar-refractivity contribution >= 4 is 33.3 Å². The summed E-state index contributed by atoms with van der Waals surface area (Å²) in [6.45, 7) is 9.82. The summed E-state index contributed by atoms with van der Waals surface area (Å²) in [7, 11) is 0. The average Bonchev–Trinajstić information content (AvgIpc) is 3.09. The van der Waals surface area contributed by atoms with Crippen LogP contribution in [0.2, 0.25) is 0 Å². The van der Waals surface area contributed by atoms with Crippen molar-refractivity contribution in [3.63, 3.8) is 0 Å². The third kappa shape index (κ3) is 2.98. The Morgan fingerprint density at radius 1 is 1.38 bits per heavy atom. The van der Waals surface area contributed by atoms with Gasteiger partial charge < -0.3 is 10.2 Å². The first kappa shape index (κ1) is 14.6. The number of anilines is 2. The SMILES string of the molecule is CCCNc1nc(N2CCC(C)C2)c2cc(CC)sc2n1. The fourth-order valence-corrected chi connectivity index (χ4v) is 3.78. The van der Waals surface area contributed by atoms with Crippen molar-refractivity contribution in [2.24, 2.45) is 5.92 Å². The highest BCUT2D eigenvalue weighted by molar-refractivity contribution is 7.18. The first-order valence-electron chi connectivity index (χ1n) is 8.00. The number of nitrogens with one attached hydrogen (secondary N) is 1. The van der Waals surface area contributed by atoms with Gasteiger partial charge in [0, 0.05) is 24.5 Å². The molecule has 1 fully saturated rings. The molecule has 1 aliphatic rings. The number of nitrogens with zero attached hydrogens (tertiary/aromatic N) is 3. The van der Waals surface area contributed by atoms with Gasteiger partial charge in [-0.25, -0.2) is 4.98 Å². The number of thiophene rings is 1. The molecular formula is C16H24N4S. The fourth-order valence-electron chi connectivity index (χ4n) is 2.81. The van der Waals surface area contributed by atoms with Crippen LogP contribution in [0.25, 0.3) is 10.2 Å². The second-order valence-electron chi connectivity index (χ2n) is 5.92. The van der Waals surface area contributed by atoms with E-state index in [4.69, 9.17) is 9.97 Å². The van der Waals surface area contributed by atoms with E-state index in [0.29, 0.717) is 0 Å². The van der Waals surface area contributed by atoms with Crippen LogP contribution in [-0.4, -0.2) is 29.6 Å². The molecule has 21 heavy (non-hydrogen) atoms. The third-order valence-corrected chi connectivity index (χ3v) is 5.20. The summed E-state index contributed by atoms with van der Waals surface area (Å²) >= 11 is 1.80. The lowest BCUT2D eigenvalue weighted by atomic mass is 10.2. The Balaban J connectivity index is 2.03. The molecule has 4 nitrogen and oxygen atoms in total. The molecule has 2 aromatic heterocycles. The van der Waals surface area contributed by atoms with Crippen molar-refractivity contribution < 1.29 is 0 Å². The quantitative estimate of drug-likeness (QED) is 0.909. The molecule has 3 heterocycles. The molecule has 1 unspecified atom stereocenters. The maximum Gasteiger partial charge on any atom is 0.226 e. The summed E-state index contributed by atoms with van der Waals surface area (Å²) in [4.78, 5) is 14.5. The maximum atomic E-state index is 4.81. The minimum atomic E-state index is 0.756. The molecule has 1 atom stereocenters. The molecule has 0 aromatic carbocycles. The van der Waals surface area contributed by atoms with E-state index in [1.165, 1.54) is 16.7 Å². The number of aryl methyl sites for hydroxylation is 1. The molecular weight excluding hydrogens is 280 g/mol. The maximum absolute atomic E-state index is 4.81. The molecule has 1 aliphatic heterocycles. The smallest absolute Gasteiger partial charge is 0.226 e. The molecule has 1 N–H and O–H groups in total. The number of hydrogen-bond donors (Lipinski definition) is 1. The number of rotatable bonds is 5. The number of aromatic nitrogens is 2. The normalized spacial score (nSPS) is 18.6. The highest BCUT2D eigenvalue weighted by atomic mass is 32.1. The minimum Gasteiger partial charge on any atom is -0.356 e. The van der Waals surface area contributed by atoms with E-state index in [-0.39, 0.29) is 0 Å². The van der Waals surface area contributed by atoms with Crippen molar-refractivity contribution in [1.82, 2.24) is 9.97 Å². The zero-order valence-corrected chi connectivity index (χ0v) is 14.0. The van der Waals surface area contributed by atoms with Gasteiger partial charge in [0.15, 0.2) is 0 Å². The lowest BCUT2D eigenvalue weighted by Gasteiger charge is -2.18. The molecule has 0 radical (unpaired) electrons. The molecule has 0 aliphatic carbocycles. The Morgan fingerprint density at radius 3 is 2.90 bits per heavy atom. The minimum absolute atomic E-state index is 0.756. The van der Waals surface area contributed by atoms with Gasteiger partial charge in [0.05, 0.1) is 5.39 Å². The van der Waals surface area contributed by atoms with Crippen LogP contribution in [0.3, 0.4) is 0 Å². The Bertz CT molecular complexity index is 622. The second-order valence-corrected chi connectivity index (χ2v) is 7.04. The molecule has 114 valence electrons. The molecule has 0 spiro atoms. The zero-order valence-electron chi connectivity index (χ0n) is 13.1. The fraction of sp³-hybridized carbons (Fsp3) is 0.625. The summed E-state index contributed by atoms with van der Waals surface area (Å²) in [6, 6.07) is 2.28. The summed E-state index contributed by atoms with van der Waals surface area (Å²) in [5.41, 5.74) is 0. The number of fused-ring (bicyclic) bond motifs is 1. The first-order valence-corrected chi connectivity index (χ1v) is 8.82. The molecule has 0 bridgehead atoms. The molecule has 3 rings (SSSR count). The summed E-state index contributed by atoms with van der Waals surface area (Å²) < 4.78 is 0. The van der Waals surface area contributed by atoms with Crippen molar-refractivity contribution in [3.8, 4) is 0 Å². The van der Waals surface area contributed by atoms with E-state index >= 15 is 0 Å². The van der Waals surface area contributed by atoms with Crippen molar-refractivity contribution in [3.05, 3.63) is 10.9 Å².